The van der Waals surface area contributed by atoms with E-state index in [0.717, 1.165) is 33.4 Å². The first-order valence-electron chi connectivity index (χ1n) is 15.8. The summed E-state index contributed by atoms with van der Waals surface area (Å²) in [5.74, 6) is 1.91. The summed E-state index contributed by atoms with van der Waals surface area (Å²) in [6.07, 6.45) is 0. The van der Waals surface area contributed by atoms with Crippen molar-refractivity contribution in [1.82, 2.24) is 15.0 Å². The van der Waals surface area contributed by atoms with Gasteiger partial charge in [0.15, 0.2) is 17.5 Å². The topological polar surface area (TPSA) is 62.5 Å². The summed E-state index contributed by atoms with van der Waals surface area (Å²) in [7, 11) is 0. The average Bonchev–Trinajstić information content (AvgIpc) is 3.37. The Labute approximate surface area is 274 Å². The van der Waals surface area contributed by atoms with E-state index in [1.54, 1.807) is 0 Å². The monoisotopic (exact) mass is 602 g/mol. The van der Waals surface area contributed by atoms with Crippen molar-refractivity contribution in [3.63, 3.8) is 0 Å². The average molecular weight is 603 g/mol. The van der Waals surface area contributed by atoms with Crippen LogP contribution < -0.4 is 0 Å². The van der Waals surface area contributed by atoms with Crippen LogP contribution in [-0.4, -0.2) is 15.0 Å². The van der Waals surface area contributed by atoms with Crippen molar-refractivity contribution in [2.45, 2.75) is 19.3 Å². The van der Waals surface area contributed by atoms with Crippen molar-refractivity contribution in [3.8, 4) is 73.6 Å². The molecule has 0 aliphatic heterocycles. The van der Waals surface area contributed by atoms with E-state index in [9.17, 15) is 5.26 Å². The van der Waals surface area contributed by atoms with Crippen molar-refractivity contribution in [2.24, 2.45) is 0 Å². The minimum Gasteiger partial charge on any atom is -0.208 e. The zero-order valence-corrected chi connectivity index (χ0v) is 26.1. The molecule has 0 saturated heterocycles. The van der Waals surface area contributed by atoms with Crippen molar-refractivity contribution in [1.29, 1.82) is 5.26 Å². The van der Waals surface area contributed by atoms with Crippen molar-refractivity contribution in [3.05, 3.63) is 162 Å². The van der Waals surface area contributed by atoms with Gasteiger partial charge < -0.3 is 0 Å². The Bertz CT molecular complexity index is 2300. The summed E-state index contributed by atoms with van der Waals surface area (Å²) in [6, 6.07) is 52.3. The quantitative estimate of drug-likeness (QED) is 0.197. The normalized spacial score (nSPS) is 12.6. The lowest BCUT2D eigenvalue weighted by atomic mass is 9.81. The van der Waals surface area contributed by atoms with Crippen LogP contribution in [-0.2, 0) is 5.41 Å². The Hall–Kier alpha value is -6.18. The Balaban J connectivity index is 1.15. The molecule has 0 fully saturated rings. The molecule has 0 bridgehead atoms. The van der Waals surface area contributed by atoms with Gasteiger partial charge >= 0.3 is 0 Å². The molecule has 1 aliphatic carbocycles. The predicted octanol–water partition coefficient (Wildman–Crippen LogP) is 10.4. The van der Waals surface area contributed by atoms with Gasteiger partial charge in [0.25, 0.3) is 0 Å². The minimum absolute atomic E-state index is 0.193. The predicted molar refractivity (Wildman–Crippen MR) is 189 cm³/mol. The van der Waals surface area contributed by atoms with Crippen LogP contribution >= 0.6 is 0 Å². The van der Waals surface area contributed by atoms with E-state index in [0.29, 0.717) is 23.0 Å². The number of hydrogen-bond donors (Lipinski definition) is 0. The van der Waals surface area contributed by atoms with Gasteiger partial charge in [0.05, 0.1) is 11.6 Å². The Morgan fingerprint density at radius 2 is 0.809 bits per heavy atom. The molecule has 4 nitrogen and oxygen atoms in total. The number of benzene rings is 6. The lowest BCUT2D eigenvalue weighted by Gasteiger charge is -2.22. The van der Waals surface area contributed by atoms with Crippen molar-refractivity contribution >= 4 is 0 Å². The molecule has 47 heavy (non-hydrogen) atoms. The molecule has 0 spiro atoms. The molecule has 7 aromatic rings. The zero-order chi connectivity index (χ0) is 32.0. The second-order valence-corrected chi connectivity index (χ2v) is 12.5. The molecule has 0 amide bonds. The van der Waals surface area contributed by atoms with E-state index in [2.05, 4.69) is 117 Å². The van der Waals surface area contributed by atoms with Gasteiger partial charge in [-0.25, -0.2) is 15.0 Å². The van der Waals surface area contributed by atoms with Crippen LogP contribution in [0.3, 0.4) is 0 Å². The van der Waals surface area contributed by atoms with E-state index < -0.39 is 0 Å². The number of nitriles is 1. The molecule has 0 radical (unpaired) electrons. The van der Waals surface area contributed by atoms with Crippen molar-refractivity contribution in [2.75, 3.05) is 0 Å². The SMILES string of the molecule is CC1(C)c2cc(C#N)ccc2-c2ccc(-c3ccc(-c4nc(-c5ccccc5)nc(-c5ccc(-c6ccccc6)cc5)n4)cc3)cc21. The molecule has 1 aromatic heterocycles. The van der Waals surface area contributed by atoms with Gasteiger partial charge in [-0.15, -0.1) is 0 Å². The fourth-order valence-corrected chi connectivity index (χ4v) is 6.59. The summed E-state index contributed by atoms with van der Waals surface area (Å²) >= 11 is 0. The first-order chi connectivity index (χ1) is 23.0. The highest BCUT2D eigenvalue weighted by Gasteiger charge is 2.35. The van der Waals surface area contributed by atoms with E-state index >= 15 is 0 Å². The third kappa shape index (κ3) is 5.09. The second-order valence-electron chi connectivity index (χ2n) is 12.5. The van der Waals surface area contributed by atoms with E-state index in [4.69, 9.17) is 15.0 Å². The Morgan fingerprint density at radius 1 is 0.426 bits per heavy atom. The van der Waals surface area contributed by atoms with Gasteiger partial charge in [0.1, 0.15) is 0 Å². The first-order valence-corrected chi connectivity index (χ1v) is 15.8. The van der Waals surface area contributed by atoms with Gasteiger partial charge in [-0.1, -0.05) is 141 Å². The molecule has 0 saturated carbocycles. The summed E-state index contributed by atoms with van der Waals surface area (Å²) < 4.78 is 0. The summed E-state index contributed by atoms with van der Waals surface area (Å²) in [6.45, 7) is 4.48. The summed E-state index contributed by atoms with van der Waals surface area (Å²) in [4.78, 5) is 14.8. The van der Waals surface area contributed by atoms with Gasteiger partial charge in [-0.05, 0) is 62.7 Å². The van der Waals surface area contributed by atoms with Crippen LogP contribution in [0.1, 0.15) is 30.5 Å². The molecule has 4 heteroatoms. The van der Waals surface area contributed by atoms with Crippen LogP contribution in [0.2, 0.25) is 0 Å². The molecule has 1 heterocycles. The smallest absolute Gasteiger partial charge is 0.164 e. The summed E-state index contributed by atoms with van der Waals surface area (Å²) in [5, 5.41) is 9.49. The number of rotatable bonds is 5. The van der Waals surface area contributed by atoms with E-state index in [1.807, 2.05) is 48.5 Å². The maximum Gasteiger partial charge on any atom is 0.164 e. The maximum atomic E-state index is 9.49. The molecule has 1 aliphatic rings. The lowest BCUT2D eigenvalue weighted by Crippen LogP contribution is -2.15. The largest absolute Gasteiger partial charge is 0.208 e. The van der Waals surface area contributed by atoms with Crippen LogP contribution in [0.15, 0.2) is 146 Å². The molecule has 6 aromatic carbocycles. The first kappa shape index (κ1) is 28.3. The fourth-order valence-electron chi connectivity index (χ4n) is 6.59. The van der Waals surface area contributed by atoms with Crippen LogP contribution in [0.5, 0.6) is 0 Å². The highest BCUT2D eigenvalue weighted by molar-refractivity contribution is 5.84. The van der Waals surface area contributed by atoms with Crippen LogP contribution in [0, 0.1) is 11.3 Å². The van der Waals surface area contributed by atoms with Gasteiger partial charge in [-0.3, -0.25) is 0 Å². The second kappa shape index (κ2) is 11.3. The van der Waals surface area contributed by atoms with Crippen LogP contribution in [0.25, 0.3) is 67.5 Å². The standard InChI is InChI=1S/C43H30N4/c1-43(2)38-25-28(27-44)13-23-36(38)37-24-22-35(26-39(37)43)31-16-20-34(21-17-31)42-46-40(32-11-7-4-8-12-32)45-41(47-42)33-18-14-30(15-19-33)29-9-5-3-6-10-29/h3-26H,1-2H3. The minimum atomic E-state index is -0.193. The maximum absolute atomic E-state index is 9.49. The number of hydrogen-bond acceptors (Lipinski definition) is 4. The van der Waals surface area contributed by atoms with Crippen LogP contribution in [0.4, 0.5) is 0 Å². The molecular formula is C43H30N4. The van der Waals surface area contributed by atoms with Gasteiger partial charge in [0, 0.05) is 22.1 Å². The zero-order valence-electron chi connectivity index (χ0n) is 26.1. The number of nitrogens with zero attached hydrogens (tertiary/aromatic N) is 4. The van der Waals surface area contributed by atoms with Gasteiger partial charge in [0.2, 0.25) is 0 Å². The number of fused-ring (bicyclic) bond motifs is 3. The molecular weight excluding hydrogens is 573 g/mol. The third-order valence-electron chi connectivity index (χ3n) is 9.20. The molecule has 8 rings (SSSR count). The highest BCUT2D eigenvalue weighted by atomic mass is 15.0. The third-order valence-corrected chi connectivity index (χ3v) is 9.20. The fraction of sp³-hybridized carbons (Fsp3) is 0.0698. The molecule has 222 valence electrons. The van der Waals surface area contributed by atoms with Crippen molar-refractivity contribution < 1.29 is 0 Å². The highest BCUT2D eigenvalue weighted by Crippen LogP contribution is 2.50. The lowest BCUT2D eigenvalue weighted by molar-refractivity contribution is 0.660. The number of aromatic nitrogens is 3. The summed E-state index contributed by atoms with van der Waals surface area (Å²) in [5.41, 5.74) is 12.8. The molecule has 0 atom stereocenters. The van der Waals surface area contributed by atoms with E-state index in [1.165, 1.54) is 27.8 Å². The molecule has 0 N–H and O–H groups in total. The van der Waals surface area contributed by atoms with Gasteiger partial charge in [-0.2, -0.15) is 5.26 Å². The molecule has 0 unspecified atom stereocenters. The Kier molecular flexibility index (Phi) is 6.82. The Morgan fingerprint density at radius 3 is 1.34 bits per heavy atom. The van der Waals surface area contributed by atoms with E-state index in [-0.39, 0.29) is 5.41 Å².